The maximum absolute atomic E-state index is 11.7. The molecule has 2 aromatic rings. The van der Waals surface area contributed by atoms with Gasteiger partial charge in [0.1, 0.15) is 5.56 Å². The molecule has 0 radical (unpaired) electrons. The summed E-state index contributed by atoms with van der Waals surface area (Å²) in [6.07, 6.45) is 4.41. The van der Waals surface area contributed by atoms with Crippen LogP contribution < -0.4 is 5.56 Å². The highest BCUT2D eigenvalue weighted by Crippen LogP contribution is 2.18. The van der Waals surface area contributed by atoms with Gasteiger partial charge in [-0.1, -0.05) is 6.07 Å². The lowest BCUT2D eigenvalue weighted by Crippen LogP contribution is -2.27. The lowest BCUT2D eigenvalue weighted by Gasteiger charge is -2.05. The number of aromatic nitrogens is 3. The molecule has 6 heteroatoms. The molecule has 0 spiro atoms. The molecular weight excluding hydrogens is 222 g/mol. The number of hydrogen-bond acceptors (Lipinski definition) is 4. The van der Waals surface area contributed by atoms with Crippen LogP contribution in [0.4, 0.5) is 0 Å². The van der Waals surface area contributed by atoms with Crippen molar-refractivity contribution in [1.82, 2.24) is 14.8 Å². The first kappa shape index (κ1) is 11.0. The van der Waals surface area contributed by atoms with Crippen LogP contribution in [0, 0.1) is 0 Å². The number of rotatable bonds is 2. The van der Waals surface area contributed by atoms with Gasteiger partial charge in [-0.3, -0.25) is 9.78 Å². The van der Waals surface area contributed by atoms with Gasteiger partial charge in [-0.25, -0.2) is 9.48 Å². The predicted molar refractivity (Wildman–Crippen MR) is 59.7 cm³/mol. The third-order valence-electron chi connectivity index (χ3n) is 2.32. The monoisotopic (exact) mass is 231 g/mol. The molecule has 17 heavy (non-hydrogen) atoms. The summed E-state index contributed by atoms with van der Waals surface area (Å²) >= 11 is 0. The highest BCUT2D eigenvalue weighted by atomic mass is 16.4. The number of nitrogens with zero attached hydrogens (tertiary/aromatic N) is 3. The zero-order valence-electron chi connectivity index (χ0n) is 8.99. The Bertz CT molecular complexity index is 620. The molecule has 2 aromatic heterocycles. The molecule has 0 amide bonds. The topological polar surface area (TPSA) is 85.1 Å². The minimum atomic E-state index is -1.27. The smallest absolute Gasteiger partial charge is 0.342 e. The summed E-state index contributed by atoms with van der Waals surface area (Å²) in [6.45, 7) is 0. The molecule has 0 aliphatic carbocycles. The van der Waals surface area contributed by atoms with Gasteiger partial charge in [0.05, 0.1) is 6.20 Å². The number of carboxylic acids is 1. The van der Waals surface area contributed by atoms with E-state index in [0.29, 0.717) is 5.56 Å². The summed E-state index contributed by atoms with van der Waals surface area (Å²) in [6, 6.07) is 3.34. The van der Waals surface area contributed by atoms with E-state index in [2.05, 4.69) is 10.1 Å². The van der Waals surface area contributed by atoms with Crippen LogP contribution >= 0.6 is 0 Å². The van der Waals surface area contributed by atoms with Gasteiger partial charge in [-0.2, -0.15) is 5.10 Å². The minimum Gasteiger partial charge on any atom is -0.477 e. The molecule has 0 fully saturated rings. The van der Waals surface area contributed by atoms with E-state index in [4.69, 9.17) is 5.11 Å². The fourth-order valence-corrected chi connectivity index (χ4v) is 1.49. The van der Waals surface area contributed by atoms with E-state index in [9.17, 15) is 9.59 Å². The van der Waals surface area contributed by atoms with Crippen molar-refractivity contribution < 1.29 is 9.90 Å². The summed E-state index contributed by atoms with van der Waals surface area (Å²) < 4.78 is 0.989. The van der Waals surface area contributed by atoms with E-state index in [1.807, 2.05) is 0 Å². The van der Waals surface area contributed by atoms with Gasteiger partial charge in [-0.15, -0.1) is 0 Å². The molecule has 0 saturated heterocycles. The normalized spacial score (nSPS) is 10.2. The van der Waals surface area contributed by atoms with E-state index in [1.165, 1.54) is 19.4 Å². The number of aromatic carboxylic acids is 1. The maximum Gasteiger partial charge on any atom is 0.342 e. The number of carboxylic acid groups (broad SMARTS) is 1. The minimum absolute atomic E-state index is 0.272. The Kier molecular flexibility index (Phi) is 2.70. The van der Waals surface area contributed by atoms with E-state index < -0.39 is 11.5 Å². The number of hydrogen-bond donors (Lipinski definition) is 1. The quantitative estimate of drug-likeness (QED) is 0.815. The Labute approximate surface area is 96.2 Å². The molecule has 0 aromatic carbocycles. The highest BCUT2D eigenvalue weighted by molar-refractivity contribution is 5.95. The molecule has 0 unspecified atom stereocenters. The molecule has 0 aliphatic rings. The van der Waals surface area contributed by atoms with Crippen molar-refractivity contribution in [2.75, 3.05) is 0 Å². The molecular formula is C11H9N3O3. The number of aryl methyl sites for hydroxylation is 1. The Morgan fingerprint density at radius 1 is 1.41 bits per heavy atom. The highest BCUT2D eigenvalue weighted by Gasteiger charge is 2.18. The van der Waals surface area contributed by atoms with Gasteiger partial charge < -0.3 is 5.11 Å². The average Bonchev–Trinajstić information content (AvgIpc) is 2.33. The van der Waals surface area contributed by atoms with Gasteiger partial charge in [0.15, 0.2) is 0 Å². The van der Waals surface area contributed by atoms with E-state index in [0.717, 1.165) is 4.68 Å². The lowest BCUT2D eigenvalue weighted by molar-refractivity contribution is 0.0694. The molecule has 6 nitrogen and oxygen atoms in total. The summed E-state index contributed by atoms with van der Waals surface area (Å²) in [4.78, 5) is 26.7. The average molecular weight is 231 g/mol. The Morgan fingerprint density at radius 2 is 2.18 bits per heavy atom. The molecule has 0 bridgehead atoms. The fourth-order valence-electron chi connectivity index (χ4n) is 1.49. The molecule has 2 heterocycles. The van der Waals surface area contributed by atoms with Crippen LogP contribution in [0.2, 0.25) is 0 Å². The van der Waals surface area contributed by atoms with Crippen molar-refractivity contribution in [3.63, 3.8) is 0 Å². The van der Waals surface area contributed by atoms with Crippen LogP contribution in [0.3, 0.4) is 0 Å². The van der Waals surface area contributed by atoms with Crippen LogP contribution in [0.15, 0.2) is 35.5 Å². The van der Waals surface area contributed by atoms with Crippen molar-refractivity contribution in [2.45, 2.75) is 0 Å². The first-order chi connectivity index (χ1) is 8.11. The van der Waals surface area contributed by atoms with Crippen molar-refractivity contribution in [1.29, 1.82) is 0 Å². The largest absolute Gasteiger partial charge is 0.477 e. The Balaban J connectivity index is 2.76. The lowest BCUT2D eigenvalue weighted by atomic mass is 10.1. The number of pyridine rings is 1. The molecule has 2 rings (SSSR count). The van der Waals surface area contributed by atoms with Gasteiger partial charge in [-0.05, 0) is 6.07 Å². The molecule has 0 aliphatic heterocycles. The summed E-state index contributed by atoms with van der Waals surface area (Å²) in [5, 5.41) is 12.9. The van der Waals surface area contributed by atoms with Crippen LogP contribution in [0.1, 0.15) is 10.4 Å². The van der Waals surface area contributed by atoms with Crippen molar-refractivity contribution in [3.8, 4) is 11.1 Å². The zero-order chi connectivity index (χ0) is 12.4. The Hall–Kier alpha value is -2.50. The van der Waals surface area contributed by atoms with Crippen LogP contribution in [0.25, 0.3) is 11.1 Å². The van der Waals surface area contributed by atoms with Gasteiger partial charge in [0.2, 0.25) is 0 Å². The first-order valence-corrected chi connectivity index (χ1v) is 4.81. The van der Waals surface area contributed by atoms with E-state index in [1.54, 1.807) is 18.3 Å². The SMILES string of the molecule is Cn1ncc(-c2cccnc2)c(C(=O)O)c1=O. The first-order valence-electron chi connectivity index (χ1n) is 4.81. The Morgan fingerprint density at radius 3 is 2.76 bits per heavy atom. The van der Waals surface area contributed by atoms with Gasteiger partial charge >= 0.3 is 5.97 Å². The van der Waals surface area contributed by atoms with Crippen LogP contribution in [0.5, 0.6) is 0 Å². The second kappa shape index (κ2) is 4.17. The molecule has 86 valence electrons. The van der Waals surface area contributed by atoms with E-state index >= 15 is 0 Å². The molecule has 1 N–H and O–H groups in total. The zero-order valence-corrected chi connectivity index (χ0v) is 8.99. The third-order valence-corrected chi connectivity index (χ3v) is 2.32. The van der Waals surface area contributed by atoms with Crippen molar-refractivity contribution in [3.05, 3.63) is 46.6 Å². The van der Waals surface area contributed by atoms with E-state index in [-0.39, 0.29) is 11.1 Å². The second-order valence-electron chi connectivity index (χ2n) is 3.41. The third kappa shape index (κ3) is 1.92. The fraction of sp³-hybridized carbons (Fsp3) is 0.0909. The second-order valence-corrected chi connectivity index (χ2v) is 3.41. The summed E-state index contributed by atoms with van der Waals surface area (Å²) in [7, 11) is 1.40. The van der Waals surface area contributed by atoms with Crippen LogP contribution in [-0.4, -0.2) is 25.8 Å². The summed E-state index contributed by atoms with van der Waals surface area (Å²) in [5.41, 5.74) is -0.113. The van der Waals surface area contributed by atoms with Gasteiger partial charge in [0.25, 0.3) is 5.56 Å². The summed E-state index contributed by atoms with van der Waals surface area (Å²) in [5.74, 6) is -1.27. The predicted octanol–water partition coefficient (Wildman–Crippen LogP) is 0.540. The standard InChI is InChI=1S/C11H9N3O3/c1-14-10(15)9(11(16)17)8(6-13-14)7-3-2-4-12-5-7/h2-6H,1H3,(H,16,17). The molecule has 0 saturated carbocycles. The van der Waals surface area contributed by atoms with Gasteiger partial charge in [0, 0.05) is 30.6 Å². The van der Waals surface area contributed by atoms with Crippen molar-refractivity contribution >= 4 is 5.97 Å². The molecule has 0 atom stereocenters. The van der Waals surface area contributed by atoms with Crippen molar-refractivity contribution in [2.24, 2.45) is 7.05 Å². The number of carbonyl (C=O) groups is 1. The maximum atomic E-state index is 11.7. The van der Waals surface area contributed by atoms with Crippen LogP contribution in [-0.2, 0) is 7.05 Å².